The highest BCUT2D eigenvalue weighted by Gasteiger charge is 2.15. The van der Waals surface area contributed by atoms with Gasteiger partial charge in [0, 0.05) is 11.6 Å². The van der Waals surface area contributed by atoms with Crippen molar-refractivity contribution < 1.29 is 9.72 Å². The number of hydrogen-bond donors (Lipinski definition) is 1. The largest absolute Gasteiger partial charge is 0.342 e. The topological polar surface area (TPSA) is 72.2 Å². The molecule has 0 saturated carbocycles. The molecule has 1 unspecified atom stereocenters. The number of benzene rings is 1. The Labute approximate surface area is 99.0 Å². The molecule has 0 fully saturated rings. The van der Waals surface area contributed by atoms with Crippen LogP contribution in [-0.4, -0.2) is 16.9 Å². The van der Waals surface area contributed by atoms with Crippen LogP contribution in [0.15, 0.2) is 24.3 Å². The Balaban J connectivity index is 2.79. The van der Waals surface area contributed by atoms with E-state index in [1.165, 1.54) is 6.07 Å². The van der Waals surface area contributed by atoms with Gasteiger partial charge in [0.25, 0.3) is 5.69 Å². The van der Waals surface area contributed by atoms with Crippen molar-refractivity contribution in [2.45, 2.75) is 19.4 Å². The van der Waals surface area contributed by atoms with E-state index in [2.05, 4.69) is 11.2 Å². The van der Waals surface area contributed by atoms with Gasteiger partial charge in [-0.25, -0.2) is 0 Å². The average Bonchev–Trinajstić information content (AvgIpc) is 2.29. The molecule has 1 amide bonds. The van der Waals surface area contributed by atoms with Crippen LogP contribution >= 0.6 is 0 Å². The van der Waals surface area contributed by atoms with Gasteiger partial charge in [0.15, 0.2) is 0 Å². The van der Waals surface area contributed by atoms with Crippen LogP contribution in [0.2, 0.25) is 0 Å². The third-order valence-electron chi connectivity index (χ3n) is 2.17. The maximum Gasteiger partial charge on any atom is 0.273 e. The maximum absolute atomic E-state index is 11.5. The second kappa shape index (κ2) is 5.66. The maximum atomic E-state index is 11.5. The fourth-order valence-corrected chi connectivity index (χ4v) is 1.35. The number of para-hydroxylation sites is 1. The van der Waals surface area contributed by atoms with Crippen LogP contribution in [-0.2, 0) is 11.2 Å². The Kier molecular flexibility index (Phi) is 4.23. The molecule has 1 aromatic carbocycles. The molecule has 0 saturated heterocycles. The molecular formula is C12H12N2O3. The summed E-state index contributed by atoms with van der Waals surface area (Å²) in [7, 11) is 0. The van der Waals surface area contributed by atoms with Crippen molar-refractivity contribution in [1.29, 1.82) is 0 Å². The first-order valence-electron chi connectivity index (χ1n) is 5.02. The van der Waals surface area contributed by atoms with Gasteiger partial charge >= 0.3 is 0 Å². The number of hydrogen-bond acceptors (Lipinski definition) is 3. The molecule has 0 aliphatic rings. The van der Waals surface area contributed by atoms with E-state index >= 15 is 0 Å². The molecule has 1 rings (SSSR count). The summed E-state index contributed by atoms with van der Waals surface area (Å²) < 4.78 is 0. The predicted octanol–water partition coefficient (Wildman–Crippen LogP) is 1.28. The highest BCUT2D eigenvalue weighted by Crippen LogP contribution is 2.17. The van der Waals surface area contributed by atoms with Gasteiger partial charge in [-0.05, 0) is 6.92 Å². The van der Waals surface area contributed by atoms with Crippen LogP contribution < -0.4 is 5.32 Å². The smallest absolute Gasteiger partial charge is 0.273 e. The lowest BCUT2D eigenvalue weighted by atomic mass is 10.1. The molecule has 0 aromatic heterocycles. The monoisotopic (exact) mass is 232 g/mol. The van der Waals surface area contributed by atoms with Gasteiger partial charge in [-0.1, -0.05) is 24.1 Å². The van der Waals surface area contributed by atoms with Crippen LogP contribution in [0, 0.1) is 22.5 Å². The number of nitrogens with one attached hydrogen (secondary N) is 1. The Morgan fingerprint density at radius 1 is 1.59 bits per heavy atom. The van der Waals surface area contributed by atoms with Crippen molar-refractivity contribution in [3.8, 4) is 12.3 Å². The third kappa shape index (κ3) is 3.61. The predicted molar refractivity (Wildman–Crippen MR) is 63.2 cm³/mol. The minimum Gasteiger partial charge on any atom is -0.342 e. The zero-order valence-corrected chi connectivity index (χ0v) is 9.34. The summed E-state index contributed by atoms with van der Waals surface area (Å²) in [6.07, 6.45) is 5.07. The summed E-state index contributed by atoms with van der Waals surface area (Å²) in [6.45, 7) is 1.66. The number of nitrogens with zero attached hydrogens (tertiary/aromatic N) is 1. The second-order valence-electron chi connectivity index (χ2n) is 3.52. The highest BCUT2D eigenvalue weighted by atomic mass is 16.6. The summed E-state index contributed by atoms with van der Waals surface area (Å²) in [5.41, 5.74) is 0.315. The summed E-state index contributed by atoms with van der Waals surface area (Å²) in [5, 5.41) is 13.3. The van der Waals surface area contributed by atoms with Gasteiger partial charge in [-0.15, -0.1) is 6.42 Å². The fourth-order valence-electron chi connectivity index (χ4n) is 1.35. The number of nitro groups is 1. The van der Waals surface area contributed by atoms with Crippen LogP contribution in [0.3, 0.4) is 0 Å². The summed E-state index contributed by atoms with van der Waals surface area (Å²) in [6, 6.07) is 5.75. The quantitative estimate of drug-likeness (QED) is 0.482. The lowest BCUT2D eigenvalue weighted by Gasteiger charge is -2.07. The molecule has 0 bridgehead atoms. The first-order valence-corrected chi connectivity index (χ1v) is 5.02. The molecule has 88 valence electrons. The summed E-state index contributed by atoms with van der Waals surface area (Å²) >= 11 is 0. The second-order valence-corrected chi connectivity index (χ2v) is 3.52. The molecular weight excluding hydrogens is 220 g/mol. The molecule has 5 nitrogen and oxygen atoms in total. The van der Waals surface area contributed by atoms with Crippen molar-refractivity contribution in [2.24, 2.45) is 0 Å². The fraction of sp³-hybridized carbons (Fsp3) is 0.250. The van der Waals surface area contributed by atoms with Gasteiger partial charge in [0.1, 0.15) is 0 Å². The van der Waals surface area contributed by atoms with E-state index in [9.17, 15) is 14.9 Å². The van der Waals surface area contributed by atoms with Crippen LogP contribution in [0.4, 0.5) is 5.69 Å². The lowest BCUT2D eigenvalue weighted by molar-refractivity contribution is -0.385. The van der Waals surface area contributed by atoms with Crippen LogP contribution in [0.25, 0.3) is 0 Å². The van der Waals surface area contributed by atoms with Gasteiger partial charge in [0.2, 0.25) is 5.91 Å². The van der Waals surface area contributed by atoms with E-state index in [0.717, 1.165) is 0 Å². The minimum atomic E-state index is -0.507. The van der Waals surface area contributed by atoms with Gasteiger partial charge in [-0.2, -0.15) is 0 Å². The Hall–Kier alpha value is -2.35. The number of amides is 1. The zero-order chi connectivity index (χ0) is 12.8. The van der Waals surface area contributed by atoms with Gasteiger partial charge < -0.3 is 5.32 Å². The van der Waals surface area contributed by atoms with E-state index in [4.69, 9.17) is 6.42 Å². The van der Waals surface area contributed by atoms with E-state index < -0.39 is 4.92 Å². The standard InChI is InChI=1S/C12H12N2O3/c1-3-9(2)13-12(15)8-10-6-4-5-7-11(10)14(16)17/h1,4-7,9H,8H2,2H3,(H,13,15). The normalized spacial score (nSPS) is 11.3. The van der Waals surface area contributed by atoms with Crippen molar-refractivity contribution in [1.82, 2.24) is 5.32 Å². The van der Waals surface area contributed by atoms with Crippen molar-refractivity contribution in [2.75, 3.05) is 0 Å². The first-order chi connectivity index (χ1) is 8.04. The van der Waals surface area contributed by atoms with Gasteiger partial charge in [0.05, 0.1) is 17.4 Å². The van der Waals surface area contributed by atoms with E-state index in [-0.39, 0.29) is 24.1 Å². The average molecular weight is 232 g/mol. The van der Waals surface area contributed by atoms with E-state index in [1.54, 1.807) is 25.1 Å². The molecule has 0 aliphatic carbocycles. The minimum absolute atomic E-state index is 0.0524. The molecule has 0 radical (unpaired) electrons. The number of carbonyl (C=O) groups excluding carboxylic acids is 1. The molecule has 0 aliphatic heterocycles. The SMILES string of the molecule is C#CC(C)NC(=O)Cc1ccccc1[N+](=O)[O-]. The molecule has 1 N–H and O–H groups in total. The third-order valence-corrected chi connectivity index (χ3v) is 2.17. The zero-order valence-electron chi connectivity index (χ0n) is 9.34. The molecule has 1 atom stereocenters. The van der Waals surface area contributed by atoms with Gasteiger partial charge in [-0.3, -0.25) is 14.9 Å². The van der Waals surface area contributed by atoms with Crippen molar-refractivity contribution >= 4 is 11.6 Å². The van der Waals surface area contributed by atoms with Crippen LogP contribution in [0.5, 0.6) is 0 Å². The lowest BCUT2D eigenvalue weighted by Crippen LogP contribution is -2.32. The highest BCUT2D eigenvalue weighted by molar-refractivity contribution is 5.80. The van der Waals surface area contributed by atoms with Crippen LogP contribution in [0.1, 0.15) is 12.5 Å². The number of rotatable bonds is 4. The molecule has 0 heterocycles. The first kappa shape index (κ1) is 12.7. The number of terminal acetylenes is 1. The number of carbonyl (C=O) groups is 1. The van der Waals surface area contributed by atoms with E-state index in [1.807, 2.05) is 0 Å². The summed E-state index contributed by atoms with van der Waals surface area (Å²) in [4.78, 5) is 21.7. The molecule has 5 heteroatoms. The Morgan fingerprint density at radius 2 is 2.24 bits per heavy atom. The van der Waals surface area contributed by atoms with E-state index in [0.29, 0.717) is 5.56 Å². The number of nitro benzene ring substituents is 1. The molecule has 1 aromatic rings. The molecule has 0 spiro atoms. The van der Waals surface area contributed by atoms with Crippen molar-refractivity contribution in [3.63, 3.8) is 0 Å². The molecule has 17 heavy (non-hydrogen) atoms. The Morgan fingerprint density at radius 3 is 2.82 bits per heavy atom. The van der Waals surface area contributed by atoms with Crippen molar-refractivity contribution in [3.05, 3.63) is 39.9 Å². The summed E-state index contributed by atoms with van der Waals surface area (Å²) in [5.74, 6) is 2.02. The Bertz CT molecular complexity index is 477.